The van der Waals surface area contributed by atoms with Crippen molar-refractivity contribution in [3.05, 3.63) is 223 Å². The Labute approximate surface area is 475 Å². The van der Waals surface area contributed by atoms with Crippen molar-refractivity contribution in [2.45, 2.75) is 97.8 Å². The molecule has 76 heavy (non-hydrogen) atoms. The molecule has 0 N–H and O–H groups in total. The van der Waals surface area contributed by atoms with Gasteiger partial charge in [-0.3, -0.25) is 0 Å². The summed E-state index contributed by atoms with van der Waals surface area (Å²) in [7, 11) is 0. The normalized spacial score (nSPS) is 16.4. The fourth-order valence-corrected chi connectivity index (χ4v) is 10.7. The molecule has 3 heterocycles. The predicted octanol–water partition coefficient (Wildman–Crippen LogP) is 18.8. The Morgan fingerprint density at radius 3 is 2.09 bits per heavy atom. The minimum atomic E-state index is -1.58. The summed E-state index contributed by atoms with van der Waals surface area (Å²) in [5.41, 5.74) is 7.89. The van der Waals surface area contributed by atoms with Gasteiger partial charge in [0, 0.05) is 75.2 Å². The molecule has 0 unspecified atom stereocenters. The number of anilines is 4. The Balaban J connectivity index is 0.00000736. The van der Waals surface area contributed by atoms with Crippen molar-refractivity contribution in [3.8, 4) is 50.7 Å². The van der Waals surface area contributed by atoms with Crippen LogP contribution < -0.4 is 14.5 Å². The number of rotatable bonds is 10. The number of hydrogen-bond donors (Lipinski definition) is 0. The number of aromatic nitrogens is 2. The molecule has 8 aromatic carbocycles. The molecule has 0 bridgehead atoms. The molecule has 0 atom stereocenters. The number of fused-ring (bicyclic) bond motifs is 5. The topological polar surface area (TPSA) is 33.5 Å². The largest absolute Gasteiger partial charge is 0.509 e. The van der Waals surface area contributed by atoms with E-state index in [2.05, 4.69) is 45.9 Å². The molecular weight excluding hydrogens is 1110 g/mol. The predicted molar refractivity (Wildman–Crippen MR) is 313 cm³/mol. The molecule has 384 valence electrons. The van der Waals surface area contributed by atoms with Gasteiger partial charge in [0.25, 0.3) is 0 Å². The van der Waals surface area contributed by atoms with Crippen molar-refractivity contribution in [1.82, 2.24) is 9.55 Å². The first-order valence-electron chi connectivity index (χ1n) is 30.0. The molecule has 0 spiro atoms. The zero-order valence-electron chi connectivity index (χ0n) is 52.4. The third-order valence-corrected chi connectivity index (χ3v) is 14.8. The van der Waals surface area contributed by atoms with Crippen molar-refractivity contribution >= 4 is 44.6 Å². The Bertz CT molecular complexity index is 4260. The van der Waals surface area contributed by atoms with E-state index in [0.29, 0.717) is 78.7 Å². The van der Waals surface area contributed by atoms with E-state index in [1.165, 1.54) is 0 Å². The van der Waals surface area contributed by atoms with E-state index in [4.69, 9.17) is 12.5 Å². The summed E-state index contributed by atoms with van der Waals surface area (Å²) in [6, 6.07) is 51.7. The van der Waals surface area contributed by atoms with Crippen LogP contribution in [0, 0.1) is 24.7 Å². The van der Waals surface area contributed by atoms with Gasteiger partial charge in [-0.1, -0.05) is 177 Å². The molecule has 12 rings (SSSR count). The van der Waals surface area contributed by atoms with Gasteiger partial charge in [0.2, 0.25) is 0 Å². The average Bonchev–Trinajstić information content (AvgIpc) is 1.33. The van der Waals surface area contributed by atoms with E-state index in [-0.39, 0.29) is 63.2 Å². The van der Waals surface area contributed by atoms with Crippen molar-refractivity contribution in [3.63, 3.8) is 0 Å². The van der Waals surface area contributed by atoms with Gasteiger partial charge < -0.3 is 19.1 Å². The van der Waals surface area contributed by atoms with Crippen LogP contribution in [0.25, 0.3) is 61.0 Å². The van der Waals surface area contributed by atoms with Crippen LogP contribution in [0.5, 0.6) is 11.5 Å². The molecule has 0 saturated carbocycles. The first kappa shape index (κ1) is 42.0. The molecule has 1 aliphatic heterocycles. The van der Waals surface area contributed by atoms with Crippen molar-refractivity contribution in [2.75, 3.05) is 9.80 Å². The number of para-hydroxylation sites is 4. The second-order valence-electron chi connectivity index (χ2n) is 22.6. The molecule has 2 aliphatic rings. The quantitative estimate of drug-likeness (QED) is 0.128. The van der Waals surface area contributed by atoms with Crippen LogP contribution in [0.1, 0.15) is 108 Å². The van der Waals surface area contributed by atoms with E-state index >= 15 is 0 Å². The van der Waals surface area contributed by atoms with Crippen LogP contribution in [-0.4, -0.2) is 9.55 Å². The van der Waals surface area contributed by atoms with E-state index in [9.17, 15) is 8.22 Å². The van der Waals surface area contributed by atoms with E-state index < -0.39 is 22.6 Å². The number of ether oxygens (including phenoxy) is 1. The Morgan fingerprint density at radius 2 is 1.33 bits per heavy atom. The second-order valence-corrected chi connectivity index (χ2v) is 22.6. The maximum atomic E-state index is 10.3. The number of nitrogens with zero attached hydrogens (tertiary/aromatic N) is 4. The molecular formula is C70H65N4OPt-3. The van der Waals surface area contributed by atoms with Crippen molar-refractivity contribution < 1.29 is 36.8 Å². The SMILES string of the molecule is [2H]c1c([2H])c2c(c([2H])c1-c1cccc(-c3c([2H])c(-c4ccccc4)c([2H])c(C(C)(C)C)c3[2H])c1N1[CH-]N(c3[c-]c(Oc4[c-]c5c(cc4)c4ccccc4n5-c4cc(C([2H])([2H])C(C)C)ccn4)ccc3)c3ccccc31)C(C)(C)CCC2(C)C.[Pt]. The molecule has 0 amide bonds. The average molecular weight is 1180 g/mol. The van der Waals surface area contributed by atoms with Gasteiger partial charge in [0.1, 0.15) is 5.82 Å². The maximum Gasteiger partial charge on any atom is 0.135 e. The Hall–Kier alpha value is -7.20. The molecule has 2 aromatic heterocycles. The van der Waals surface area contributed by atoms with Gasteiger partial charge in [0.05, 0.1) is 8.22 Å². The van der Waals surface area contributed by atoms with Crippen LogP contribution in [0.3, 0.4) is 0 Å². The number of pyridine rings is 1. The minimum absolute atomic E-state index is 0. The van der Waals surface area contributed by atoms with Crippen LogP contribution in [0.2, 0.25) is 0 Å². The maximum absolute atomic E-state index is 10.3. The third kappa shape index (κ3) is 9.36. The molecule has 0 saturated heterocycles. The van der Waals surface area contributed by atoms with E-state index in [1.807, 2.05) is 183 Å². The van der Waals surface area contributed by atoms with Gasteiger partial charge in [-0.25, -0.2) is 4.98 Å². The first-order chi connectivity index (χ1) is 39.4. The summed E-state index contributed by atoms with van der Waals surface area (Å²) in [6.45, 7) is 20.1. The Kier molecular flexibility index (Phi) is 10.9. The van der Waals surface area contributed by atoms with Crippen molar-refractivity contribution in [1.29, 1.82) is 0 Å². The molecule has 0 radical (unpaired) electrons. The minimum Gasteiger partial charge on any atom is -0.509 e. The Morgan fingerprint density at radius 1 is 0.658 bits per heavy atom. The van der Waals surface area contributed by atoms with Gasteiger partial charge in [0.15, 0.2) is 0 Å². The van der Waals surface area contributed by atoms with Crippen LogP contribution in [0.4, 0.5) is 22.7 Å². The zero-order valence-corrected chi connectivity index (χ0v) is 46.7. The molecule has 0 fully saturated rings. The summed E-state index contributed by atoms with van der Waals surface area (Å²) in [6.07, 6.45) is 1.68. The number of hydrogen-bond acceptors (Lipinski definition) is 4. The molecule has 6 heteroatoms. The van der Waals surface area contributed by atoms with Gasteiger partial charge in [-0.15, -0.1) is 48.1 Å². The second kappa shape index (κ2) is 19.7. The molecule has 1 aliphatic carbocycles. The summed E-state index contributed by atoms with van der Waals surface area (Å²) < 4.78 is 86.6. The summed E-state index contributed by atoms with van der Waals surface area (Å²) in [4.78, 5) is 8.78. The van der Waals surface area contributed by atoms with E-state index in [0.717, 1.165) is 51.6 Å². The smallest absolute Gasteiger partial charge is 0.135 e. The van der Waals surface area contributed by atoms with E-state index in [1.54, 1.807) is 12.3 Å². The standard InChI is InChI=1S/C70H65N4O.Pt/c1-46(2)37-47-33-36-71-66(38-47)74-62-26-14-13-23-58(62)59-31-30-55(44-65(59)74)75-54-22-17-21-53(43-54)72-45-73(64-28-16-15-27-63(64)72)67-56(49-29-32-60-61(42-49)70(8,9)35-34-69(60,6)7)24-18-25-57(67)51-39-50(48-19-11-10-12-20-48)40-52(41-51)68(3,4)5;/h10-33,36,38-42,45-46H,34-35,37H2,1-9H3;/q-3;/i29D,32D,37D2,39D,40D,41D,42D;. The monoisotopic (exact) mass is 1180 g/mol. The van der Waals surface area contributed by atoms with Crippen LogP contribution in [-0.2, 0) is 43.7 Å². The zero-order chi connectivity index (χ0) is 58.8. The van der Waals surface area contributed by atoms with Gasteiger partial charge in [-0.05, 0) is 128 Å². The fourth-order valence-electron chi connectivity index (χ4n) is 10.7. The van der Waals surface area contributed by atoms with Crippen LogP contribution >= 0.6 is 0 Å². The first-order valence-corrected chi connectivity index (χ1v) is 26.0. The fraction of sp³-hybridized carbons (Fsp3) is 0.229. The molecule has 5 nitrogen and oxygen atoms in total. The van der Waals surface area contributed by atoms with Crippen molar-refractivity contribution in [2.24, 2.45) is 5.92 Å². The van der Waals surface area contributed by atoms with Gasteiger partial charge in [-0.2, -0.15) is 12.1 Å². The number of benzene rings is 8. The third-order valence-electron chi connectivity index (χ3n) is 14.8. The summed E-state index contributed by atoms with van der Waals surface area (Å²) in [5, 5.41) is 1.92. The van der Waals surface area contributed by atoms with Gasteiger partial charge >= 0.3 is 0 Å². The summed E-state index contributed by atoms with van der Waals surface area (Å²) in [5.74, 6) is 1.14. The molecule has 10 aromatic rings. The van der Waals surface area contributed by atoms with Crippen LogP contribution in [0.15, 0.2) is 182 Å². The summed E-state index contributed by atoms with van der Waals surface area (Å²) >= 11 is 0.